The van der Waals surface area contributed by atoms with Crippen molar-refractivity contribution in [2.75, 3.05) is 12.4 Å². The highest BCUT2D eigenvalue weighted by molar-refractivity contribution is 5.94. The van der Waals surface area contributed by atoms with Crippen molar-refractivity contribution >= 4 is 22.6 Å². The average molecular weight is 440 g/mol. The maximum atomic E-state index is 13.9. The van der Waals surface area contributed by atoms with Gasteiger partial charge in [-0.05, 0) is 68.2 Å². The molecule has 0 spiro atoms. The van der Waals surface area contributed by atoms with Gasteiger partial charge in [0.25, 0.3) is 5.91 Å². The Morgan fingerprint density at radius 3 is 2.47 bits per heavy atom. The number of hydrogen-bond acceptors (Lipinski definition) is 4. The van der Waals surface area contributed by atoms with E-state index in [4.69, 9.17) is 9.15 Å². The summed E-state index contributed by atoms with van der Waals surface area (Å²) in [6, 6.07) is 14.0. The fraction of sp³-hybridized carbons (Fsp3) is 0.320. The van der Waals surface area contributed by atoms with Crippen LogP contribution in [0.25, 0.3) is 11.0 Å². The van der Waals surface area contributed by atoms with Crippen LogP contribution >= 0.6 is 0 Å². The standard InChI is InChI=1S/C25H26F2N2O3/c1-3-25(26,27)22-15-17-5-4-6-21(23(17)32-22)28-18-9-11-19(12-10-18)29-24(30)16-7-13-20(31-2)14-8-16/h3-8,13-15,18-19,28H,1,9-12H2,2H3,(H,29,30)/t18-,19+. The molecule has 1 aliphatic carbocycles. The van der Waals surface area contributed by atoms with Gasteiger partial charge in [0, 0.05) is 23.0 Å². The van der Waals surface area contributed by atoms with Crippen LogP contribution in [0.4, 0.5) is 14.5 Å². The summed E-state index contributed by atoms with van der Waals surface area (Å²) in [4.78, 5) is 12.5. The van der Waals surface area contributed by atoms with Crippen molar-refractivity contribution in [2.24, 2.45) is 0 Å². The Bertz CT molecular complexity index is 1100. The smallest absolute Gasteiger partial charge is 0.322 e. The minimum Gasteiger partial charge on any atom is -0.497 e. The monoisotopic (exact) mass is 440 g/mol. The topological polar surface area (TPSA) is 63.5 Å². The molecule has 1 aliphatic rings. The molecule has 1 amide bonds. The second kappa shape index (κ2) is 9.02. The molecule has 0 radical (unpaired) electrons. The number of rotatable bonds is 7. The van der Waals surface area contributed by atoms with Gasteiger partial charge in [0.2, 0.25) is 0 Å². The van der Waals surface area contributed by atoms with Gasteiger partial charge in [-0.3, -0.25) is 4.79 Å². The maximum Gasteiger partial charge on any atom is 0.322 e. The minimum absolute atomic E-state index is 0.0971. The zero-order chi connectivity index (χ0) is 22.7. The lowest BCUT2D eigenvalue weighted by Crippen LogP contribution is -2.40. The second-order valence-electron chi connectivity index (χ2n) is 8.06. The number of fused-ring (bicyclic) bond motifs is 1. The van der Waals surface area contributed by atoms with Crippen LogP contribution < -0.4 is 15.4 Å². The number of alkyl halides is 2. The summed E-state index contributed by atoms with van der Waals surface area (Å²) in [6.45, 7) is 3.19. The highest BCUT2D eigenvalue weighted by atomic mass is 19.3. The van der Waals surface area contributed by atoms with E-state index < -0.39 is 11.7 Å². The van der Waals surface area contributed by atoms with E-state index in [1.54, 1.807) is 37.4 Å². The number of halogens is 2. The molecule has 168 valence electrons. The lowest BCUT2D eigenvalue weighted by molar-refractivity contribution is 0.0297. The molecule has 1 aromatic heterocycles. The molecular weight excluding hydrogens is 414 g/mol. The van der Waals surface area contributed by atoms with Gasteiger partial charge in [0.15, 0.2) is 11.3 Å². The Hall–Kier alpha value is -3.35. The Morgan fingerprint density at radius 2 is 1.81 bits per heavy atom. The fourth-order valence-electron chi connectivity index (χ4n) is 4.05. The van der Waals surface area contributed by atoms with Gasteiger partial charge in [0.1, 0.15) is 5.75 Å². The third kappa shape index (κ3) is 4.61. The first-order valence-electron chi connectivity index (χ1n) is 10.7. The van der Waals surface area contributed by atoms with Crippen LogP contribution in [0, 0.1) is 0 Å². The van der Waals surface area contributed by atoms with Gasteiger partial charge in [0.05, 0.1) is 12.8 Å². The van der Waals surface area contributed by atoms with Crippen molar-refractivity contribution in [3.8, 4) is 5.75 Å². The summed E-state index contributed by atoms with van der Waals surface area (Å²) in [5.41, 5.74) is 1.71. The third-order valence-corrected chi connectivity index (χ3v) is 5.90. The summed E-state index contributed by atoms with van der Waals surface area (Å²) in [7, 11) is 1.59. The SMILES string of the molecule is C=CC(F)(F)c1cc2cccc(N[C@H]3CC[C@@H](NC(=O)c4ccc(OC)cc4)CC3)c2o1. The van der Waals surface area contributed by atoms with Crippen LogP contribution in [0.15, 0.2) is 65.6 Å². The molecule has 0 aliphatic heterocycles. The highest BCUT2D eigenvalue weighted by Gasteiger charge is 2.32. The normalized spacial score (nSPS) is 18.8. The number of anilines is 1. The third-order valence-electron chi connectivity index (χ3n) is 5.90. The maximum absolute atomic E-state index is 13.9. The molecule has 4 rings (SSSR count). The van der Waals surface area contributed by atoms with Crippen LogP contribution in [0.1, 0.15) is 41.8 Å². The van der Waals surface area contributed by atoms with Gasteiger partial charge in [-0.1, -0.05) is 18.7 Å². The van der Waals surface area contributed by atoms with Gasteiger partial charge < -0.3 is 19.8 Å². The number of hydrogen-bond donors (Lipinski definition) is 2. The molecule has 2 aromatic carbocycles. The molecular formula is C25H26F2N2O3. The van der Waals surface area contributed by atoms with E-state index in [9.17, 15) is 13.6 Å². The van der Waals surface area contributed by atoms with E-state index in [0.717, 1.165) is 25.7 Å². The van der Waals surface area contributed by atoms with Crippen molar-refractivity contribution in [1.29, 1.82) is 0 Å². The number of para-hydroxylation sites is 1. The van der Waals surface area contributed by atoms with Crippen LogP contribution in [0.2, 0.25) is 0 Å². The number of carbonyl (C=O) groups excluding carboxylic acids is 1. The lowest BCUT2D eigenvalue weighted by atomic mass is 9.90. The predicted octanol–water partition coefficient (Wildman–Crippen LogP) is 5.87. The van der Waals surface area contributed by atoms with E-state index in [1.807, 2.05) is 12.1 Å². The molecule has 2 N–H and O–H groups in total. The van der Waals surface area contributed by atoms with E-state index in [2.05, 4.69) is 17.2 Å². The summed E-state index contributed by atoms with van der Waals surface area (Å²) in [5, 5.41) is 7.15. The zero-order valence-electron chi connectivity index (χ0n) is 17.9. The summed E-state index contributed by atoms with van der Waals surface area (Å²) < 4.78 is 38.5. The van der Waals surface area contributed by atoms with Crippen molar-refractivity contribution in [2.45, 2.75) is 43.7 Å². The summed E-state index contributed by atoms with van der Waals surface area (Å²) in [6.07, 6.45) is 3.93. The number of allylic oxidation sites excluding steroid dienone is 1. The van der Waals surface area contributed by atoms with Gasteiger partial charge >= 0.3 is 5.92 Å². The molecule has 0 saturated heterocycles. The van der Waals surface area contributed by atoms with E-state index in [0.29, 0.717) is 34.0 Å². The molecule has 0 bridgehead atoms. The molecule has 1 saturated carbocycles. The van der Waals surface area contributed by atoms with Crippen molar-refractivity contribution in [3.05, 3.63) is 72.5 Å². The van der Waals surface area contributed by atoms with Crippen LogP contribution in [-0.2, 0) is 5.92 Å². The average Bonchev–Trinajstić information content (AvgIpc) is 3.27. The quantitative estimate of drug-likeness (QED) is 0.451. The summed E-state index contributed by atoms with van der Waals surface area (Å²) >= 11 is 0. The molecule has 7 heteroatoms. The fourth-order valence-corrected chi connectivity index (χ4v) is 4.05. The number of benzene rings is 2. The van der Waals surface area contributed by atoms with Crippen LogP contribution in [-0.4, -0.2) is 25.1 Å². The van der Waals surface area contributed by atoms with Crippen LogP contribution in [0.3, 0.4) is 0 Å². The lowest BCUT2D eigenvalue weighted by Gasteiger charge is -2.30. The van der Waals surface area contributed by atoms with Gasteiger partial charge in [-0.25, -0.2) is 0 Å². The first-order chi connectivity index (χ1) is 15.4. The van der Waals surface area contributed by atoms with Crippen molar-refractivity contribution in [1.82, 2.24) is 5.32 Å². The minimum atomic E-state index is -3.21. The molecule has 32 heavy (non-hydrogen) atoms. The molecule has 0 atom stereocenters. The van der Waals surface area contributed by atoms with Crippen molar-refractivity contribution < 1.29 is 22.7 Å². The Labute approximate surface area is 185 Å². The first kappa shape index (κ1) is 21.9. The highest BCUT2D eigenvalue weighted by Crippen LogP contribution is 2.36. The number of furan rings is 1. The largest absolute Gasteiger partial charge is 0.497 e. The molecule has 3 aromatic rings. The van der Waals surface area contributed by atoms with E-state index in [1.165, 1.54) is 6.07 Å². The first-order valence-corrected chi connectivity index (χ1v) is 10.7. The number of ether oxygens (including phenoxy) is 1. The number of methoxy groups -OCH3 is 1. The molecule has 5 nitrogen and oxygen atoms in total. The Morgan fingerprint density at radius 1 is 1.12 bits per heavy atom. The Balaban J connectivity index is 1.36. The number of nitrogens with one attached hydrogen (secondary N) is 2. The Kier molecular flexibility index (Phi) is 6.17. The molecule has 0 unspecified atom stereocenters. The molecule has 1 fully saturated rings. The van der Waals surface area contributed by atoms with Crippen molar-refractivity contribution in [3.63, 3.8) is 0 Å². The number of amides is 1. The summed E-state index contributed by atoms with van der Waals surface area (Å²) in [5.74, 6) is -3.02. The van der Waals surface area contributed by atoms with E-state index in [-0.39, 0.29) is 18.0 Å². The zero-order valence-corrected chi connectivity index (χ0v) is 17.9. The van der Waals surface area contributed by atoms with Gasteiger partial charge in [-0.15, -0.1) is 0 Å². The molecule has 1 heterocycles. The number of carbonyl (C=O) groups is 1. The second-order valence-corrected chi connectivity index (χ2v) is 8.06. The van der Waals surface area contributed by atoms with E-state index >= 15 is 0 Å². The van der Waals surface area contributed by atoms with Gasteiger partial charge in [-0.2, -0.15) is 8.78 Å². The predicted molar refractivity (Wildman–Crippen MR) is 120 cm³/mol. The van der Waals surface area contributed by atoms with Crippen LogP contribution in [0.5, 0.6) is 5.75 Å².